The van der Waals surface area contributed by atoms with Crippen molar-refractivity contribution in [1.29, 1.82) is 0 Å². The second-order valence-electron chi connectivity index (χ2n) is 2.97. The Morgan fingerprint density at radius 2 is 1.79 bits per heavy atom. The summed E-state index contributed by atoms with van der Waals surface area (Å²) in [6.07, 6.45) is 0. The maximum atomic E-state index is 11.3. The molecule has 0 spiro atoms. The zero-order valence-electron chi connectivity index (χ0n) is 7.44. The molecule has 0 N–H and O–H groups in total. The number of fused-ring (bicyclic) bond motifs is 1. The molecule has 0 atom stereocenters. The summed E-state index contributed by atoms with van der Waals surface area (Å²) < 4.78 is 4.81. The molecular formula is C11H7O2Tl. The number of rotatable bonds is 1. The molecule has 0 unspecified atom stereocenters. The molecule has 2 aromatic rings. The first-order valence-corrected chi connectivity index (χ1v) is 6.04. The molecule has 0 aliphatic rings. The van der Waals surface area contributed by atoms with Gasteiger partial charge in [0, 0.05) is 0 Å². The van der Waals surface area contributed by atoms with Crippen molar-refractivity contribution < 1.29 is 7.48 Å². The molecule has 66 valence electrons. The standard InChI is InChI=1S/C11H8O2.Tl/c12-11(13)10-6-5-8-3-1-2-4-9(8)7-10;/h1-7H,(H,12,13);/q;+1/p-1. The van der Waals surface area contributed by atoms with Crippen LogP contribution in [0.4, 0.5) is 0 Å². The van der Waals surface area contributed by atoms with Gasteiger partial charge >= 0.3 is 98.5 Å². The number of benzene rings is 2. The molecule has 0 saturated carbocycles. The van der Waals surface area contributed by atoms with Gasteiger partial charge in [0.05, 0.1) is 0 Å². The third-order valence-electron chi connectivity index (χ3n) is 2.09. The first kappa shape index (κ1) is 9.64. The number of hydrogen-bond donors (Lipinski definition) is 0. The van der Waals surface area contributed by atoms with Crippen molar-refractivity contribution in [2.45, 2.75) is 0 Å². The summed E-state index contributed by atoms with van der Waals surface area (Å²) in [6.45, 7) is 0. The van der Waals surface area contributed by atoms with Crippen LogP contribution in [0.15, 0.2) is 42.5 Å². The molecule has 0 heterocycles. The van der Waals surface area contributed by atoms with E-state index >= 15 is 0 Å². The van der Waals surface area contributed by atoms with E-state index in [9.17, 15) is 4.79 Å². The van der Waals surface area contributed by atoms with E-state index in [0.29, 0.717) is 5.56 Å². The van der Waals surface area contributed by atoms with Crippen molar-refractivity contribution in [2.75, 3.05) is 0 Å². The van der Waals surface area contributed by atoms with Crippen LogP contribution in [0.1, 0.15) is 10.4 Å². The van der Waals surface area contributed by atoms with Gasteiger partial charge in [0.2, 0.25) is 0 Å². The maximum absolute atomic E-state index is 11.3. The number of carbonyl (C=O) groups is 1. The first-order chi connectivity index (χ1) is 6.81. The SMILES string of the molecule is O=C([O][Tl])c1ccc2ccccc2c1. The predicted octanol–water partition coefficient (Wildman–Crippen LogP) is 2.08. The number of carbonyl (C=O) groups excluding carboxylic acids is 1. The van der Waals surface area contributed by atoms with E-state index in [1.807, 2.05) is 36.4 Å². The second-order valence-corrected chi connectivity index (χ2v) is 3.88. The fourth-order valence-electron chi connectivity index (χ4n) is 1.38. The van der Waals surface area contributed by atoms with E-state index in [1.165, 1.54) is 0 Å². The molecule has 2 rings (SSSR count). The Labute approximate surface area is 98.2 Å². The fourth-order valence-corrected chi connectivity index (χ4v) is 1.91. The van der Waals surface area contributed by atoms with Gasteiger partial charge < -0.3 is 0 Å². The van der Waals surface area contributed by atoms with Crippen LogP contribution < -0.4 is 0 Å². The Bertz CT molecular complexity index is 479. The van der Waals surface area contributed by atoms with Gasteiger partial charge in [0.15, 0.2) is 0 Å². The van der Waals surface area contributed by atoms with Crippen molar-refractivity contribution in [3.05, 3.63) is 48.0 Å². The van der Waals surface area contributed by atoms with Crippen molar-refractivity contribution in [2.24, 2.45) is 0 Å². The molecule has 0 saturated heterocycles. The van der Waals surface area contributed by atoms with Crippen molar-refractivity contribution in [1.82, 2.24) is 0 Å². The molecule has 0 aliphatic carbocycles. The molecule has 2 nitrogen and oxygen atoms in total. The Kier molecular flexibility index (Phi) is 2.81. The van der Waals surface area contributed by atoms with E-state index in [4.69, 9.17) is 2.69 Å². The van der Waals surface area contributed by atoms with Gasteiger partial charge in [-0.2, -0.15) is 0 Å². The molecule has 0 aromatic heterocycles. The summed E-state index contributed by atoms with van der Waals surface area (Å²) in [5.41, 5.74) is 0.631. The van der Waals surface area contributed by atoms with Crippen LogP contribution >= 0.6 is 0 Å². The van der Waals surface area contributed by atoms with E-state index in [-0.39, 0.29) is 32.2 Å². The minimum absolute atomic E-state index is 0.222. The molecule has 0 aliphatic heterocycles. The summed E-state index contributed by atoms with van der Waals surface area (Å²) >= 11 is 0.249. The third kappa shape index (κ3) is 1.79. The summed E-state index contributed by atoms with van der Waals surface area (Å²) in [5, 5.41) is 2.21. The Hall–Kier alpha value is -0.908. The van der Waals surface area contributed by atoms with Gasteiger partial charge in [-0.25, -0.2) is 0 Å². The van der Waals surface area contributed by atoms with Crippen LogP contribution in [0.5, 0.6) is 0 Å². The summed E-state index contributed by atoms with van der Waals surface area (Å²) in [5.74, 6) is -0.222. The summed E-state index contributed by atoms with van der Waals surface area (Å²) in [7, 11) is 0. The normalized spacial score (nSPS) is 9.93. The fraction of sp³-hybridized carbons (Fsp3) is 0. The van der Waals surface area contributed by atoms with Crippen molar-refractivity contribution >= 4 is 43.0 Å². The predicted molar refractivity (Wildman–Crippen MR) is 55.1 cm³/mol. The third-order valence-corrected chi connectivity index (χ3v) is 2.92. The minimum atomic E-state index is -0.222. The zero-order valence-corrected chi connectivity index (χ0v) is 11.9. The molecular weight excluding hydrogens is 369 g/mol. The van der Waals surface area contributed by atoms with Gasteiger partial charge in [0.25, 0.3) is 0 Å². The monoisotopic (exact) mass is 376 g/mol. The Morgan fingerprint density at radius 3 is 2.50 bits per heavy atom. The molecule has 0 fully saturated rings. The van der Waals surface area contributed by atoms with Crippen LogP contribution in [0.3, 0.4) is 0 Å². The molecule has 0 bridgehead atoms. The zero-order chi connectivity index (χ0) is 9.97. The average molecular weight is 376 g/mol. The van der Waals surface area contributed by atoms with Gasteiger partial charge in [-0.1, -0.05) is 0 Å². The molecule has 2 aromatic carbocycles. The van der Waals surface area contributed by atoms with E-state index in [2.05, 4.69) is 0 Å². The van der Waals surface area contributed by atoms with E-state index in [1.54, 1.807) is 6.07 Å². The van der Waals surface area contributed by atoms with Crippen LogP contribution in [-0.4, -0.2) is 32.2 Å². The van der Waals surface area contributed by atoms with E-state index < -0.39 is 0 Å². The van der Waals surface area contributed by atoms with E-state index in [0.717, 1.165) is 10.8 Å². The van der Waals surface area contributed by atoms with Gasteiger partial charge in [-0.3, -0.25) is 0 Å². The molecule has 0 amide bonds. The summed E-state index contributed by atoms with van der Waals surface area (Å²) in [6, 6.07) is 13.5. The van der Waals surface area contributed by atoms with Crippen LogP contribution in [0, 0.1) is 0 Å². The van der Waals surface area contributed by atoms with Crippen molar-refractivity contribution in [3.63, 3.8) is 0 Å². The molecule has 3 heteroatoms. The Balaban J connectivity index is 2.56. The van der Waals surface area contributed by atoms with Gasteiger partial charge in [-0.15, -0.1) is 0 Å². The van der Waals surface area contributed by atoms with Gasteiger partial charge in [-0.05, 0) is 0 Å². The van der Waals surface area contributed by atoms with Gasteiger partial charge in [0.1, 0.15) is 0 Å². The second kappa shape index (κ2) is 4.08. The topological polar surface area (TPSA) is 26.3 Å². The van der Waals surface area contributed by atoms with Crippen LogP contribution in [0.2, 0.25) is 0 Å². The first-order valence-electron chi connectivity index (χ1n) is 4.21. The average Bonchev–Trinajstić information content (AvgIpc) is 2.27. The molecule has 14 heavy (non-hydrogen) atoms. The number of hydrogen-bond acceptors (Lipinski definition) is 2. The Morgan fingerprint density at radius 1 is 1.07 bits per heavy atom. The quantitative estimate of drug-likeness (QED) is 0.714. The summed E-state index contributed by atoms with van der Waals surface area (Å²) in [4.78, 5) is 11.3. The van der Waals surface area contributed by atoms with Crippen LogP contribution in [0.25, 0.3) is 10.8 Å². The van der Waals surface area contributed by atoms with Crippen LogP contribution in [-0.2, 0) is 2.69 Å². The van der Waals surface area contributed by atoms with Crippen molar-refractivity contribution in [3.8, 4) is 0 Å². The molecule has 0 radical (unpaired) electrons.